The van der Waals surface area contributed by atoms with Crippen molar-refractivity contribution in [2.75, 3.05) is 0 Å². The van der Waals surface area contributed by atoms with Gasteiger partial charge < -0.3 is 4.98 Å². The first-order valence-electron chi connectivity index (χ1n) is 4.33. The number of nitriles is 1. The van der Waals surface area contributed by atoms with Crippen LogP contribution in [0, 0.1) is 23.2 Å². The van der Waals surface area contributed by atoms with Gasteiger partial charge in [0.2, 0.25) is 0 Å². The lowest BCUT2D eigenvalue weighted by atomic mass is 10.2. The van der Waals surface area contributed by atoms with Crippen molar-refractivity contribution in [2.24, 2.45) is 0 Å². The van der Waals surface area contributed by atoms with Gasteiger partial charge in [-0.1, -0.05) is 17.9 Å². The molecule has 0 atom stereocenters. The van der Waals surface area contributed by atoms with Gasteiger partial charge in [-0.25, -0.2) is 0 Å². The summed E-state index contributed by atoms with van der Waals surface area (Å²) in [6, 6.07) is 9.97. The number of fused-ring (bicyclic) bond motifs is 1. The van der Waals surface area contributed by atoms with Gasteiger partial charge >= 0.3 is 0 Å². The summed E-state index contributed by atoms with van der Waals surface area (Å²) < 4.78 is 0. The maximum atomic E-state index is 8.32. The fraction of sp³-hybridized carbons (Fsp3) is 0.0833. The third kappa shape index (κ3) is 1.60. The minimum atomic E-state index is 0.281. The monoisotopic (exact) mass is 180 g/mol. The molecular weight excluding hydrogens is 172 g/mol. The van der Waals surface area contributed by atoms with Gasteiger partial charge in [0.15, 0.2) is 0 Å². The highest BCUT2D eigenvalue weighted by atomic mass is 14.7. The van der Waals surface area contributed by atoms with Gasteiger partial charge in [-0.3, -0.25) is 0 Å². The summed E-state index contributed by atoms with van der Waals surface area (Å²) in [5, 5.41) is 9.50. The Morgan fingerprint density at radius 2 is 2.21 bits per heavy atom. The van der Waals surface area contributed by atoms with E-state index in [1.807, 2.05) is 36.5 Å². The lowest BCUT2D eigenvalue weighted by molar-refractivity contribution is 1.39. The molecule has 14 heavy (non-hydrogen) atoms. The summed E-state index contributed by atoms with van der Waals surface area (Å²) in [6.07, 6.45) is 2.18. The summed E-state index contributed by atoms with van der Waals surface area (Å²) in [7, 11) is 0. The molecule has 0 radical (unpaired) electrons. The van der Waals surface area contributed by atoms with Crippen LogP contribution < -0.4 is 0 Å². The Labute approximate surface area is 82.2 Å². The van der Waals surface area contributed by atoms with Crippen LogP contribution in [0.15, 0.2) is 30.5 Å². The molecule has 0 aliphatic rings. The Balaban J connectivity index is 2.37. The van der Waals surface area contributed by atoms with E-state index in [0.717, 1.165) is 11.1 Å². The van der Waals surface area contributed by atoms with Gasteiger partial charge in [-0.2, -0.15) is 5.26 Å². The van der Waals surface area contributed by atoms with E-state index >= 15 is 0 Å². The minimum absolute atomic E-state index is 0.281. The quantitative estimate of drug-likeness (QED) is 0.621. The Hall–Kier alpha value is -2.19. The zero-order valence-electron chi connectivity index (χ0n) is 7.54. The van der Waals surface area contributed by atoms with E-state index in [1.165, 1.54) is 5.39 Å². The van der Waals surface area contributed by atoms with Crippen LogP contribution in [0.3, 0.4) is 0 Å². The van der Waals surface area contributed by atoms with Crippen LogP contribution in [-0.4, -0.2) is 4.98 Å². The summed E-state index contributed by atoms with van der Waals surface area (Å²) in [5.74, 6) is 5.72. The Kier molecular flexibility index (Phi) is 2.21. The number of H-pyrrole nitrogens is 1. The van der Waals surface area contributed by atoms with E-state index in [0.29, 0.717) is 0 Å². The maximum Gasteiger partial charge on any atom is 0.0966 e. The highest BCUT2D eigenvalue weighted by Gasteiger charge is 1.93. The molecule has 2 aromatic rings. The molecule has 0 aliphatic carbocycles. The molecule has 0 saturated carbocycles. The van der Waals surface area contributed by atoms with E-state index in [9.17, 15) is 0 Å². The number of nitrogens with one attached hydrogen (secondary N) is 1. The van der Waals surface area contributed by atoms with E-state index in [2.05, 4.69) is 16.8 Å². The number of benzene rings is 1. The number of rotatable bonds is 0. The van der Waals surface area contributed by atoms with Gasteiger partial charge in [0.05, 0.1) is 12.5 Å². The number of aromatic amines is 1. The molecule has 0 amide bonds. The second-order valence-corrected chi connectivity index (χ2v) is 2.92. The summed E-state index contributed by atoms with van der Waals surface area (Å²) >= 11 is 0. The van der Waals surface area contributed by atoms with Gasteiger partial charge in [-0.15, -0.1) is 0 Å². The second-order valence-electron chi connectivity index (χ2n) is 2.92. The zero-order valence-corrected chi connectivity index (χ0v) is 7.54. The minimum Gasteiger partial charge on any atom is -0.361 e. The molecule has 1 N–H and O–H groups in total. The number of aromatic nitrogens is 1. The molecular formula is C12H8N2. The third-order valence-electron chi connectivity index (χ3n) is 1.96. The van der Waals surface area contributed by atoms with Crippen molar-refractivity contribution >= 4 is 10.9 Å². The fourth-order valence-electron chi connectivity index (χ4n) is 1.31. The van der Waals surface area contributed by atoms with Crippen molar-refractivity contribution in [3.63, 3.8) is 0 Å². The molecule has 1 aromatic carbocycles. The molecule has 1 heterocycles. The topological polar surface area (TPSA) is 39.6 Å². The Bertz CT molecular complexity index is 547. The SMILES string of the molecule is N#CCC#Cc1ccc2cc[nH]c2c1. The maximum absolute atomic E-state index is 8.32. The van der Waals surface area contributed by atoms with Crippen molar-refractivity contribution < 1.29 is 0 Å². The smallest absolute Gasteiger partial charge is 0.0966 e. The average molecular weight is 180 g/mol. The normalized spacial score (nSPS) is 9.07. The molecule has 0 unspecified atom stereocenters. The van der Waals surface area contributed by atoms with Crippen molar-refractivity contribution in [3.05, 3.63) is 36.0 Å². The molecule has 66 valence electrons. The van der Waals surface area contributed by atoms with E-state index in [-0.39, 0.29) is 6.42 Å². The highest BCUT2D eigenvalue weighted by Crippen LogP contribution is 2.13. The third-order valence-corrected chi connectivity index (χ3v) is 1.96. The molecule has 0 saturated heterocycles. The van der Waals surface area contributed by atoms with Crippen LogP contribution in [0.1, 0.15) is 12.0 Å². The predicted octanol–water partition coefficient (Wildman–Crippen LogP) is 2.43. The molecule has 1 aromatic heterocycles. The lowest BCUT2D eigenvalue weighted by Crippen LogP contribution is -1.74. The van der Waals surface area contributed by atoms with E-state index in [4.69, 9.17) is 5.26 Å². The molecule has 0 fully saturated rings. The fourth-order valence-corrected chi connectivity index (χ4v) is 1.31. The highest BCUT2D eigenvalue weighted by molar-refractivity contribution is 5.80. The van der Waals surface area contributed by atoms with Gasteiger partial charge in [0, 0.05) is 17.3 Å². The van der Waals surface area contributed by atoms with Gasteiger partial charge in [0.1, 0.15) is 0 Å². The Morgan fingerprint density at radius 3 is 3.07 bits per heavy atom. The first-order valence-corrected chi connectivity index (χ1v) is 4.33. The molecule has 2 rings (SSSR count). The Morgan fingerprint density at radius 1 is 1.29 bits per heavy atom. The predicted molar refractivity (Wildman–Crippen MR) is 55.4 cm³/mol. The second kappa shape index (κ2) is 3.68. The van der Waals surface area contributed by atoms with Crippen molar-refractivity contribution in [2.45, 2.75) is 6.42 Å². The van der Waals surface area contributed by atoms with E-state index in [1.54, 1.807) is 0 Å². The van der Waals surface area contributed by atoms with Crippen LogP contribution >= 0.6 is 0 Å². The molecule has 0 aliphatic heterocycles. The van der Waals surface area contributed by atoms with Crippen LogP contribution in [0.2, 0.25) is 0 Å². The zero-order chi connectivity index (χ0) is 9.80. The summed E-state index contributed by atoms with van der Waals surface area (Å²) in [6.45, 7) is 0. The molecule has 0 spiro atoms. The number of hydrogen-bond acceptors (Lipinski definition) is 1. The summed E-state index contributed by atoms with van der Waals surface area (Å²) in [4.78, 5) is 3.12. The standard InChI is InChI=1S/C12H8N2/c13-7-2-1-3-10-4-5-11-6-8-14-12(11)9-10/h4-6,8-9,14H,2H2. The van der Waals surface area contributed by atoms with Crippen molar-refractivity contribution in [1.82, 2.24) is 4.98 Å². The lowest BCUT2D eigenvalue weighted by Gasteiger charge is -1.90. The number of nitrogens with zero attached hydrogens (tertiary/aromatic N) is 1. The van der Waals surface area contributed by atoms with Gasteiger partial charge in [-0.05, 0) is 23.6 Å². The molecule has 2 nitrogen and oxygen atoms in total. The summed E-state index contributed by atoms with van der Waals surface area (Å²) in [5.41, 5.74) is 2.02. The van der Waals surface area contributed by atoms with Crippen LogP contribution in [-0.2, 0) is 0 Å². The van der Waals surface area contributed by atoms with Crippen LogP contribution in [0.5, 0.6) is 0 Å². The molecule has 0 bridgehead atoms. The molecule has 2 heteroatoms. The number of hydrogen-bond donors (Lipinski definition) is 1. The van der Waals surface area contributed by atoms with Crippen molar-refractivity contribution in [1.29, 1.82) is 5.26 Å². The van der Waals surface area contributed by atoms with Crippen LogP contribution in [0.4, 0.5) is 0 Å². The first-order chi connectivity index (χ1) is 6.90. The largest absolute Gasteiger partial charge is 0.361 e. The van der Waals surface area contributed by atoms with E-state index < -0.39 is 0 Å². The first kappa shape index (κ1) is 8.41. The van der Waals surface area contributed by atoms with Crippen molar-refractivity contribution in [3.8, 4) is 17.9 Å². The van der Waals surface area contributed by atoms with Gasteiger partial charge in [0.25, 0.3) is 0 Å². The van der Waals surface area contributed by atoms with Crippen LogP contribution in [0.25, 0.3) is 10.9 Å². The average Bonchev–Trinajstić information content (AvgIpc) is 2.65.